The second kappa shape index (κ2) is 5.34. The largest absolute Gasteiger partial charge is 0.399 e. The van der Waals surface area contributed by atoms with Crippen LogP contribution < -0.4 is 5.73 Å². The summed E-state index contributed by atoms with van der Waals surface area (Å²) in [6.45, 7) is 3.96. The number of nitrogens with two attached hydrogens (primary N) is 1. The molecular formula is C12H19NO2S. The molecule has 0 aliphatic rings. The Labute approximate surface area is 97.6 Å². The van der Waals surface area contributed by atoms with Crippen LogP contribution in [0.4, 0.5) is 5.69 Å². The van der Waals surface area contributed by atoms with Gasteiger partial charge in [-0.15, -0.1) is 0 Å². The van der Waals surface area contributed by atoms with Gasteiger partial charge in [0, 0.05) is 5.69 Å². The first-order chi connectivity index (χ1) is 7.43. The highest BCUT2D eigenvalue weighted by Gasteiger charge is 2.15. The van der Waals surface area contributed by atoms with Gasteiger partial charge in [-0.3, -0.25) is 0 Å². The van der Waals surface area contributed by atoms with Crippen LogP contribution in [0.2, 0.25) is 0 Å². The van der Waals surface area contributed by atoms with E-state index in [1.165, 1.54) is 0 Å². The molecule has 3 nitrogen and oxygen atoms in total. The molecule has 0 aliphatic heterocycles. The van der Waals surface area contributed by atoms with Crippen molar-refractivity contribution >= 4 is 15.5 Å². The molecule has 0 radical (unpaired) electrons. The predicted octanol–water partition coefficient (Wildman–Crippen LogP) is 2.23. The van der Waals surface area contributed by atoms with Crippen LogP contribution in [0.1, 0.15) is 25.8 Å². The molecule has 0 aromatic heterocycles. The average Bonchev–Trinajstić information content (AvgIpc) is 2.15. The lowest BCUT2D eigenvalue weighted by molar-refractivity contribution is 0.563. The SMILES string of the molecule is CCC(C)CS(=O)(=O)Cc1cccc(N)c1. The van der Waals surface area contributed by atoms with Crippen LogP contribution in [0, 0.1) is 5.92 Å². The Morgan fingerprint density at radius 1 is 1.38 bits per heavy atom. The van der Waals surface area contributed by atoms with E-state index < -0.39 is 9.84 Å². The van der Waals surface area contributed by atoms with Crippen molar-refractivity contribution in [1.29, 1.82) is 0 Å². The van der Waals surface area contributed by atoms with Crippen molar-refractivity contribution < 1.29 is 8.42 Å². The normalized spacial score (nSPS) is 13.6. The highest BCUT2D eigenvalue weighted by Crippen LogP contribution is 2.14. The first-order valence-electron chi connectivity index (χ1n) is 5.48. The molecule has 0 heterocycles. The second-order valence-electron chi connectivity index (χ2n) is 4.31. The molecule has 1 rings (SSSR count). The molecule has 0 aliphatic carbocycles. The highest BCUT2D eigenvalue weighted by atomic mass is 32.2. The molecule has 16 heavy (non-hydrogen) atoms. The summed E-state index contributed by atoms with van der Waals surface area (Å²) in [5.74, 6) is 0.548. The van der Waals surface area contributed by atoms with Crippen molar-refractivity contribution in [2.24, 2.45) is 5.92 Å². The van der Waals surface area contributed by atoms with E-state index in [-0.39, 0.29) is 17.4 Å². The second-order valence-corrected chi connectivity index (χ2v) is 6.42. The fraction of sp³-hybridized carbons (Fsp3) is 0.500. The van der Waals surface area contributed by atoms with Crippen LogP contribution in [-0.4, -0.2) is 14.2 Å². The molecule has 1 aromatic carbocycles. The number of hydrogen-bond donors (Lipinski definition) is 1. The van der Waals surface area contributed by atoms with Gasteiger partial charge in [0.2, 0.25) is 0 Å². The molecule has 0 saturated carbocycles. The lowest BCUT2D eigenvalue weighted by Gasteiger charge is -2.09. The summed E-state index contributed by atoms with van der Waals surface area (Å²) >= 11 is 0. The zero-order valence-corrected chi connectivity index (χ0v) is 10.6. The number of sulfone groups is 1. The monoisotopic (exact) mass is 241 g/mol. The van der Waals surface area contributed by atoms with E-state index in [1.54, 1.807) is 24.3 Å². The molecule has 1 atom stereocenters. The molecule has 1 aromatic rings. The first-order valence-corrected chi connectivity index (χ1v) is 7.30. The van der Waals surface area contributed by atoms with Gasteiger partial charge in [0.15, 0.2) is 9.84 Å². The fourth-order valence-electron chi connectivity index (χ4n) is 1.55. The van der Waals surface area contributed by atoms with E-state index >= 15 is 0 Å². The third kappa shape index (κ3) is 4.23. The number of hydrogen-bond acceptors (Lipinski definition) is 3. The van der Waals surface area contributed by atoms with E-state index in [1.807, 2.05) is 13.8 Å². The Kier molecular flexibility index (Phi) is 4.35. The lowest BCUT2D eigenvalue weighted by atomic mass is 10.2. The number of benzene rings is 1. The summed E-state index contributed by atoms with van der Waals surface area (Å²) in [4.78, 5) is 0. The van der Waals surface area contributed by atoms with E-state index in [0.717, 1.165) is 12.0 Å². The summed E-state index contributed by atoms with van der Waals surface area (Å²) in [6, 6.07) is 7.05. The topological polar surface area (TPSA) is 60.2 Å². The van der Waals surface area contributed by atoms with E-state index in [0.29, 0.717) is 5.69 Å². The van der Waals surface area contributed by atoms with Crippen LogP contribution in [-0.2, 0) is 15.6 Å². The van der Waals surface area contributed by atoms with Gasteiger partial charge in [-0.1, -0.05) is 32.4 Å². The van der Waals surface area contributed by atoms with E-state index in [2.05, 4.69) is 0 Å². The van der Waals surface area contributed by atoms with Crippen LogP contribution in [0.3, 0.4) is 0 Å². The molecule has 90 valence electrons. The maximum atomic E-state index is 11.8. The zero-order chi connectivity index (χ0) is 12.2. The molecule has 0 fully saturated rings. The van der Waals surface area contributed by atoms with Crippen LogP contribution in [0.5, 0.6) is 0 Å². The Morgan fingerprint density at radius 2 is 2.06 bits per heavy atom. The minimum Gasteiger partial charge on any atom is -0.399 e. The van der Waals surface area contributed by atoms with E-state index in [4.69, 9.17) is 5.73 Å². The van der Waals surface area contributed by atoms with Crippen molar-refractivity contribution in [2.45, 2.75) is 26.0 Å². The number of nitrogen functional groups attached to an aromatic ring is 1. The number of rotatable bonds is 5. The predicted molar refractivity (Wildman–Crippen MR) is 67.8 cm³/mol. The van der Waals surface area contributed by atoms with Gasteiger partial charge in [-0.05, 0) is 23.6 Å². The van der Waals surface area contributed by atoms with E-state index in [9.17, 15) is 8.42 Å². The van der Waals surface area contributed by atoms with Gasteiger partial charge >= 0.3 is 0 Å². The maximum Gasteiger partial charge on any atom is 0.154 e. The van der Waals surface area contributed by atoms with Crippen LogP contribution in [0.15, 0.2) is 24.3 Å². The molecule has 0 saturated heterocycles. The minimum absolute atomic E-state index is 0.0857. The standard InChI is InChI=1S/C12H19NO2S/c1-3-10(2)8-16(14,15)9-11-5-4-6-12(13)7-11/h4-7,10H,3,8-9,13H2,1-2H3. The van der Waals surface area contributed by atoms with Gasteiger partial charge in [-0.25, -0.2) is 8.42 Å². The molecule has 1 unspecified atom stereocenters. The quantitative estimate of drug-likeness (QED) is 0.804. The van der Waals surface area contributed by atoms with Crippen molar-refractivity contribution in [1.82, 2.24) is 0 Å². The molecule has 4 heteroatoms. The molecule has 0 bridgehead atoms. The minimum atomic E-state index is -3.02. The van der Waals surface area contributed by atoms with Gasteiger partial charge in [0.1, 0.15) is 0 Å². The van der Waals surface area contributed by atoms with Crippen molar-refractivity contribution in [3.63, 3.8) is 0 Å². The number of anilines is 1. The zero-order valence-electron chi connectivity index (χ0n) is 9.81. The Morgan fingerprint density at radius 3 is 2.62 bits per heavy atom. The van der Waals surface area contributed by atoms with Gasteiger partial charge in [0.25, 0.3) is 0 Å². The molecule has 2 N–H and O–H groups in total. The molecular weight excluding hydrogens is 222 g/mol. The fourth-order valence-corrected chi connectivity index (χ4v) is 3.46. The van der Waals surface area contributed by atoms with Crippen molar-refractivity contribution in [2.75, 3.05) is 11.5 Å². The molecule has 0 amide bonds. The first kappa shape index (κ1) is 13.0. The lowest BCUT2D eigenvalue weighted by Crippen LogP contribution is -2.15. The summed E-state index contributed by atoms with van der Waals surface area (Å²) < 4.78 is 23.7. The maximum absolute atomic E-state index is 11.8. The van der Waals surface area contributed by atoms with Crippen LogP contribution in [0.25, 0.3) is 0 Å². The Hall–Kier alpha value is -1.03. The Bertz CT molecular complexity index is 440. The van der Waals surface area contributed by atoms with Gasteiger partial charge < -0.3 is 5.73 Å². The van der Waals surface area contributed by atoms with Gasteiger partial charge in [0.05, 0.1) is 11.5 Å². The summed E-state index contributed by atoms with van der Waals surface area (Å²) in [5, 5.41) is 0. The molecule has 0 spiro atoms. The third-order valence-corrected chi connectivity index (χ3v) is 4.42. The summed E-state index contributed by atoms with van der Waals surface area (Å²) in [5.41, 5.74) is 6.98. The smallest absolute Gasteiger partial charge is 0.154 e. The Balaban J connectivity index is 2.73. The highest BCUT2D eigenvalue weighted by molar-refractivity contribution is 7.90. The van der Waals surface area contributed by atoms with Crippen LogP contribution >= 0.6 is 0 Å². The summed E-state index contributed by atoms with van der Waals surface area (Å²) in [6.07, 6.45) is 0.885. The van der Waals surface area contributed by atoms with Crippen molar-refractivity contribution in [3.8, 4) is 0 Å². The average molecular weight is 241 g/mol. The summed E-state index contributed by atoms with van der Waals surface area (Å²) in [7, 11) is -3.02. The van der Waals surface area contributed by atoms with Gasteiger partial charge in [-0.2, -0.15) is 0 Å². The van der Waals surface area contributed by atoms with Crippen molar-refractivity contribution in [3.05, 3.63) is 29.8 Å². The third-order valence-electron chi connectivity index (χ3n) is 2.57.